The topological polar surface area (TPSA) is 65.5 Å². The number of hydrogen-bond acceptors (Lipinski definition) is 5. The molecule has 3 aromatic rings. The third-order valence-electron chi connectivity index (χ3n) is 4.17. The Morgan fingerprint density at radius 3 is 2.32 bits per heavy atom. The number of hydrogen-bond donors (Lipinski definition) is 1. The number of carbonyl (C=O) groups excluding carboxylic acids is 2. The molecular formula is C22H20F2N4O2S. The normalized spacial score (nSPS) is 10.9. The van der Waals surface area contributed by atoms with Crippen LogP contribution < -0.4 is 15.1 Å². The number of aromatic nitrogens is 1. The summed E-state index contributed by atoms with van der Waals surface area (Å²) in [6, 6.07) is 11.2. The van der Waals surface area contributed by atoms with E-state index in [1.54, 1.807) is 17.5 Å². The highest BCUT2D eigenvalue weighted by atomic mass is 32.1. The van der Waals surface area contributed by atoms with Gasteiger partial charge in [-0.15, -0.1) is 11.3 Å². The SMILES string of the molecule is CC(=O)N(c1ccccc1)c1nc(/C=C/C(=O)Nc2cc(F)c(N(C)C)c(F)c2)cs1. The fourth-order valence-electron chi connectivity index (χ4n) is 2.87. The van der Waals surface area contributed by atoms with Gasteiger partial charge in [-0.25, -0.2) is 13.8 Å². The minimum atomic E-state index is -0.779. The minimum Gasteiger partial charge on any atom is -0.373 e. The number of para-hydroxylation sites is 1. The first-order valence-electron chi connectivity index (χ1n) is 9.23. The Labute approximate surface area is 182 Å². The third-order valence-corrected chi connectivity index (χ3v) is 5.01. The van der Waals surface area contributed by atoms with Crippen LogP contribution in [0.3, 0.4) is 0 Å². The number of amides is 2. The van der Waals surface area contributed by atoms with Crippen molar-refractivity contribution in [2.24, 2.45) is 0 Å². The Kier molecular flexibility index (Phi) is 6.76. The summed E-state index contributed by atoms with van der Waals surface area (Å²) in [7, 11) is 3.05. The van der Waals surface area contributed by atoms with E-state index in [0.29, 0.717) is 16.5 Å². The zero-order chi connectivity index (χ0) is 22.5. The summed E-state index contributed by atoms with van der Waals surface area (Å²) < 4.78 is 28.1. The number of rotatable bonds is 6. The number of carbonyl (C=O) groups is 2. The lowest BCUT2D eigenvalue weighted by molar-refractivity contribution is -0.116. The maximum atomic E-state index is 14.1. The van der Waals surface area contributed by atoms with Gasteiger partial charge in [-0.1, -0.05) is 18.2 Å². The molecule has 0 fully saturated rings. The second kappa shape index (κ2) is 9.48. The van der Waals surface area contributed by atoms with Crippen LogP contribution >= 0.6 is 11.3 Å². The first-order valence-corrected chi connectivity index (χ1v) is 10.1. The predicted octanol–water partition coefficient (Wildman–Crippen LogP) is 4.82. The number of halogens is 2. The molecule has 3 rings (SSSR count). The summed E-state index contributed by atoms with van der Waals surface area (Å²) in [4.78, 5) is 31.4. The van der Waals surface area contributed by atoms with Crippen molar-refractivity contribution in [2.75, 3.05) is 29.2 Å². The molecule has 31 heavy (non-hydrogen) atoms. The van der Waals surface area contributed by atoms with Gasteiger partial charge in [0.15, 0.2) is 16.8 Å². The van der Waals surface area contributed by atoms with Crippen molar-refractivity contribution in [3.63, 3.8) is 0 Å². The van der Waals surface area contributed by atoms with Gasteiger partial charge in [0.05, 0.1) is 11.4 Å². The molecule has 0 aliphatic carbocycles. The fourth-order valence-corrected chi connectivity index (χ4v) is 3.72. The van der Waals surface area contributed by atoms with Gasteiger partial charge in [-0.05, 0) is 30.3 Å². The van der Waals surface area contributed by atoms with E-state index in [1.165, 1.54) is 54.3 Å². The molecule has 0 aliphatic heterocycles. The zero-order valence-corrected chi connectivity index (χ0v) is 17.9. The van der Waals surface area contributed by atoms with Gasteiger partial charge >= 0.3 is 0 Å². The van der Waals surface area contributed by atoms with Gasteiger partial charge < -0.3 is 10.2 Å². The standard InChI is InChI=1S/C22H20F2N4O2S/c1-14(29)28(17-7-5-4-6-8-17)22-26-15(13-31-22)9-10-20(30)25-16-11-18(23)21(27(2)3)19(24)12-16/h4-13H,1-3H3,(H,25,30)/b10-9+. The summed E-state index contributed by atoms with van der Waals surface area (Å²) in [5, 5.41) is 4.58. The molecule has 1 heterocycles. The molecule has 1 aromatic heterocycles. The average Bonchev–Trinajstić information content (AvgIpc) is 3.14. The first kappa shape index (κ1) is 22.1. The smallest absolute Gasteiger partial charge is 0.248 e. The number of nitrogens with zero attached hydrogens (tertiary/aromatic N) is 3. The van der Waals surface area contributed by atoms with Crippen LogP contribution in [0.5, 0.6) is 0 Å². The van der Waals surface area contributed by atoms with Crippen molar-refractivity contribution in [1.29, 1.82) is 0 Å². The molecule has 1 N–H and O–H groups in total. The number of nitrogens with one attached hydrogen (secondary N) is 1. The van der Waals surface area contributed by atoms with Crippen LogP contribution in [-0.2, 0) is 9.59 Å². The molecule has 2 amide bonds. The Bertz CT molecular complexity index is 1110. The molecule has 0 aliphatic rings. The molecule has 160 valence electrons. The van der Waals surface area contributed by atoms with Crippen molar-refractivity contribution < 1.29 is 18.4 Å². The van der Waals surface area contributed by atoms with Gasteiger partial charge in [0.2, 0.25) is 11.8 Å². The lowest BCUT2D eigenvalue weighted by atomic mass is 10.2. The highest BCUT2D eigenvalue weighted by molar-refractivity contribution is 7.14. The number of benzene rings is 2. The Hall–Kier alpha value is -3.59. The molecule has 0 spiro atoms. The van der Waals surface area contributed by atoms with Crippen LogP contribution in [0.2, 0.25) is 0 Å². The zero-order valence-electron chi connectivity index (χ0n) is 17.1. The summed E-state index contributed by atoms with van der Waals surface area (Å²) in [5.74, 6) is -2.33. The van der Waals surface area contributed by atoms with E-state index < -0.39 is 17.5 Å². The largest absolute Gasteiger partial charge is 0.373 e. The van der Waals surface area contributed by atoms with E-state index in [4.69, 9.17) is 0 Å². The molecule has 0 saturated carbocycles. The van der Waals surface area contributed by atoms with E-state index in [9.17, 15) is 18.4 Å². The fraction of sp³-hybridized carbons (Fsp3) is 0.136. The van der Waals surface area contributed by atoms with Crippen molar-refractivity contribution in [2.45, 2.75) is 6.92 Å². The molecule has 0 radical (unpaired) electrons. The second-order valence-electron chi connectivity index (χ2n) is 6.75. The second-order valence-corrected chi connectivity index (χ2v) is 7.59. The quantitative estimate of drug-likeness (QED) is 0.556. The van der Waals surface area contributed by atoms with Crippen molar-refractivity contribution in [3.05, 3.63) is 71.2 Å². The van der Waals surface area contributed by atoms with Crippen LogP contribution in [0.4, 0.5) is 31.0 Å². The highest BCUT2D eigenvalue weighted by Crippen LogP contribution is 2.29. The van der Waals surface area contributed by atoms with Crippen molar-refractivity contribution >= 4 is 51.4 Å². The van der Waals surface area contributed by atoms with Crippen LogP contribution in [-0.4, -0.2) is 30.9 Å². The van der Waals surface area contributed by atoms with Crippen LogP contribution in [0.15, 0.2) is 53.9 Å². The lowest BCUT2D eigenvalue weighted by Crippen LogP contribution is -2.22. The summed E-state index contributed by atoms with van der Waals surface area (Å²) >= 11 is 1.25. The van der Waals surface area contributed by atoms with Crippen LogP contribution in [0.1, 0.15) is 12.6 Å². The van der Waals surface area contributed by atoms with Gasteiger partial charge in [0, 0.05) is 38.2 Å². The maximum absolute atomic E-state index is 14.1. The van der Waals surface area contributed by atoms with Crippen LogP contribution in [0.25, 0.3) is 6.08 Å². The van der Waals surface area contributed by atoms with Crippen LogP contribution in [0, 0.1) is 11.6 Å². The molecule has 0 atom stereocenters. The van der Waals surface area contributed by atoms with Crippen molar-refractivity contribution in [1.82, 2.24) is 4.98 Å². The van der Waals surface area contributed by atoms with E-state index >= 15 is 0 Å². The minimum absolute atomic E-state index is 0.000972. The Balaban J connectivity index is 1.72. The summed E-state index contributed by atoms with van der Waals surface area (Å²) in [6.07, 6.45) is 2.66. The molecule has 0 saturated heterocycles. The van der Waals surface area contributed by atoms with Gasteiger partial charge in [-0.3, -0.25) is 14.5 Å². The molecule has 0 unspecified atom stereocenters. The first-order chi connectivity index (χ1) is 14.8. The average molecular weight is 442 g/mol. The lowest BCUT2D eigenvalue weighted by Gasteiger charge is -2.17. The molecular weight excluding hydrogens is 422 g/mol. The number of thiazole rings is 1. The summed E-state index contributed by atoms with van der Waals surface area (Å²) in [6.45, 7) is 1.44. The van der Waals surface area contributed by atoms with Gasteiger partial charge in [0.25, 0.3) is 0 Å². The van der Waals surface area contributed by atoms with E-state index in [1.807, 2.05) is 18.2 Å². The Morgan fingerprint density at radius 1 is 1.10 bits per heavy atom. The van der Waals surface area contributed by atoms with Crippen molar-refractivity contribution in [3.8, 4) is 0 Å². The highest BCUT2D eigenvalue weighted by Gasteiger charge is 2.17. The number of anilines is 4. The van der Waals surface area contributed by atoms with E-state index in [0.717, 1.165) is 12.1 Å². The predicted molar refractivity (Wildman–Crippen MR) is 120 cm³/mol. The van der Waals surface area contributed by atoms with E-state index in [-0.39, 0.29) is 17.3 Å². The monoisotopic (exact) mass is 442 g/mol. The maximum Gasteiger partial charge on any atom is 0.248 e. The van der Waals surface area contributed by atoms with Gasteiger partial charge in [-0.2, -0.15) is 0 Å². The van der Waals surface area contributed by atoms with Gasteiger partial charge in [0.1, 0.15) is 5.69 Å². The third kappa shape index (κ3) is 5.32. The molecule has 6 nitrogen and oxygen atoms in total. The summed E-state index contributed by atoms with van der Waals surface area (Å²) in [5.41, 5.74) is 0.971. The van der Waals surface area contributed by atoms with E-state index in [2.05, 4.69) is 10.3 Å². The molecule has 0 bridgehead atoms. The Morgan fingerprint density at radius 2 is 1.74 bits per heavy atom. The molecule has 2 aromatic carbocycles. The molecule has 9 heteroatoms.